The summed E-state index contributed by atoms with van der Waals surface area (Å²) in [5.74, 6) is 0.496. The maximum Gasteiger partial charge on any atom is 0.161 e. The van der Waals surface area contributed by atoms with Crippen LogP contribution >= 0.6 is 0 Å². The van der Waals surface area contributed by atoms with E-state index in [2.05, 4.69) is 33.8 Å². The molecule has 1 aliphatic carbocycles. The first kappa shape index (κ1) is 12.2. The highest BCUT2D eigenvalue weighted by Gasteiger charge is 2.35. The van der Waals surface area contributed by atoms with Gasteiger partial charge in [-0.25, -0.2) is 0 Å². The molecule has 0 radical (unpaired) electrons. The monoisotopic (exact) mass is 206 g/mol. The lowest BCUT2D eigenvalue weighted by atomic mass is 9.68. The van der Waals surface area contributed by atoms with Crippen LogP contribution in [0.25, 0.3) is 0 Å². The van der Waals surface area contributed by atoms with Crippen LogP contribution in [0.4, 0.5) is 0 Å². The standard InChI is InChI=1S/C14H22O/c1-9(2)7-12-11(4)13(15)10(3)8-14(12,5)6/h7,10H,8H2,1-6H3. The zero-order chi connectivity index (χ0) is 11.8. The van der Waals surface area contributed by atoms with Gasteiger partial charge < -0.3 is 0 Å². The Morgan fingerprint density at radius 1 is 1.40 bits per heavy atom. The van der Waals surface area contributed by atoms with Crippen molar-refractivity contribution in [3.63, 3.8) is 0 Å². The van der Waals surface area contributed by atoms with Crippen molar-refractivity contribution in [1.82, 2.24) is 0 Å². The molecule has 0 N–H and O–H groups in total. The van der Waals surface area contributed by atoms with E-state index in [-0.39, 0.29) is 11.3 Å². The molecule has 0 saturated carbocycles. The van der Waals surface area contributed by atoms with Gasteiger partial charge in [0.05, 0.1) is 0 Å². The maximum atomic E-state index is 11.9. The number of ketones is 1. The molecule has 1 heteroatoms. The SMILES string of the molecule is CC(C)=CC1=C(C)C(=O)C(C)CC1(C)C. The van der Waals surface area contributed by atoms with Gasteiger partial charge in [0.15, 0.2) is 5.78 Å². The Bertz CT molecular complexity index is 338. The average molecular weight is 206 g/mol. The first-order chi connectivity index (χ1) is 6.75. The van der Waals surface area contributed by atoms with Crippen molar-refractivity contribution >= 4 is 5.78 Å². The molecule has 0 amide bonds. The van der Waals surface area contributed by atoms with Crippen LogP contribution in [-0.2, 0) is 4.79 Å². The minimum absolute atomic E-state index is 0.134. The van der Waals surface area contributed by atoms with Crippen molar-refractivity contribution in [1.29, 1.82) is 0 Å². The third-order valence-electron chi connectivity index (χ3n) is 3.20. The maximum absolute atomic E-state index is 11.9. The summed E-state index contributed by atoms with van der Waals surface area (Å²) >= 11 is 0. The van der Waals surface area contributed by atoms with Crippen molar-refractivity contribution in [3.8, 4) is 0 Å². The molecular weight excluding hydrogens is 184 g/mol. The van der Waals surface area contributed by atoms with E-state index >= 15 is 0 Å². The molecule has 15 heavy (non-hydrogen) atoms. The van der Waals surface area contributed by atoms with Gasteiger partial charge in [-0.3, -0.25) is 4.79 Å². The van der Waals surface area contributed by atoms with E-state index in [1.807, 2.05) is 13.8 Å². The molecule has 0 aromatic rings. The van der Waals surface area contributed by atoms with E-state index in [0.29, 0.717) is 5.78 Å². The molecule has 0 bridgehead atoms. The second-order valence-corrected chi connectivity index (χ2v) is 5.61. The Morgan fingerprint density at radius 3 is 2.40 bits per heavy atom. The number of hydrogen-bond acceptors (Lipinski definition) is 1. The number of hydrogen-bond donors (Lipinski definition) is 0. The molecule has 1 atom stereocenters. The molecule has 1 unspecified atom stereocenters. The highest BCUT2D eigenvalue weighted by molar-refractivity contribution is 5.98. The first-order valence-corrected chi connectivity index (χ1v) is 5.66. The van der Waals surface area contributed by atoms with Crippen molar-refractivity contribution in [2.24, 2.45) is 11.3 Å². The summed E-state index contributed by atoms with van der Waals surface area (Å²) < 4.78 is 0. The fraction of sp³-hybridized carbons (Fsp3) is 0.643. The number of carbonyl (C=O) groups excluding carboxylic acids is 1. The highest BCUT2D eigenvalue weighted by atomic mass is 16.1. The zero-order valence-electron chi connectivity index (χ0n) is 10.8. The Labute approximate surface area is 93.3 Å². The van der Waals surface area contributed by atoms with Gasteiger partial charge in [-0.05, 0) is 43.8 Å². The summed E-state index contributed by atoms with van der Waals surface area (Å²) in [7, 11) is 0. The molecule has 0 aliphatic heterocycles. The van der Waals surface area contributed by atoms with Gasteiger partial charge in [-0.1, -0.05) is 32.4 Å². The van der Waals surface area contributed by atoms with Gasteiger partial charge in [0, 0.05) is 5.92 Å². The van der Waals surface area contributed by atoms with Gasteiger partial charge in [0.2, 0.25) is 0 Å². The third kappa shape index (κ3) is 2.39. The van der Waals surface area contributed by atoms with Crippen LogP contribution in [0.1, 0.15) is 48.0 Å². The van der Waals surface area contributed by atoms with Crippen molar-refractivity contribution in [3.05, 3.63) is 22.8 Å². The van der Waals surface area contributed by atoms with Gasteiger partial charge in [-0.15, -0.1) is 0 Å². The van der Waals surface area contributed by atoms with Crippen LogP contribution in [-0.4, -0.2) is 5.78 Å². The normalized spacial score (nSPS) is 25.5. The first-order valence-electron chi connectivity index (χ1n) is 5.66. The van der Waals surface area contributed by atoms with Crippen molar-refractivity contribution in [2.75, 3.05) is 0 Å². The van der Waals surface area contributed by atoms with Crippen molar-refractivity contribution < 1.29 is 4.79 Å². The Morgan fingerprint density at radius 2 is 1.93 bits per heavy atom. The Kier molecular flexibility index (Phi) is 3.22. The topological polar surface area (TPSA) is 17.1 Å². The van der Waals surface area contributed by atoms with Gasteiger partial charge in [0.1, 0.15) is 0 Å². The molecule has 1 aliphatic rings. The van der Waals surface area contributed by atoms with E-state index < -0.39 is 0 Å². The fourth-order valence-corrected chi connectivity index (χ4v) is 2.57. The molecule has 84 valence electrons. The second kappa shape index (κ2) is 3.96. The van der Waals surface area contributed by atoms with E-state index in [0.717, 1.165) is 12.0 Å². The molecular formula is C14H22O. The van der Waals surface area contributed by atoms with E-state index in [4.69, 9.17) is 0 Å². The second-order valence-electron chi connectivity index (χ2n) is 5.61. The summed E-state index contributed by atoms with van der Waals surface area (Å²) in [6.45, 7) is 12.6. The molecule has 1 rings (SSSR count). The lowest BCUT2D eigenvalue weighted by molar-refractivity contribution is -0.120. The lowest BCUT2D eigenvalue weighted by Crippen LogP contribution is -2.30. The zero-order valence-corrected chi connectivity index (χ0v) is 10.8. The Hall–Kier alpha value is -0.850. The van der Waals surface area contributed by atoms with E-state index in [1.54, 1.807) is 0 Å². The summed E-state index contributed by atoms with van der Waals surface area (Å²) in [4.78, 5) is 11.9. The molecule has 0 heterocycles. The van der Waals surface area contributed by atoms with Crippen LogP contribution in [0.3, 0.4) is 0 Å². The van der Waals surface area contributed by atoms with E-state index in [9.17, 15) is 4.79 Å². The summed E-state index contributed by atoms with van der Waals surface area (Å²) in [6, 6.07) is 0. The summed E-state index contributed by atoms with van der Waals surface area (Å²) in [5, 5.41) is 0. The smallest absolute Gasteiger partial charge is 0.161 e. The van der Waals surface area contributed by atoms with Gasteiger partial charge >= 0.3 is 0 Å². The predicted molar refractivity (Wildman–Crippen MR) is 64.7 cm³/mol. The van der Waals surface area contributed by atoms with Crippen LogP contribution in [0.15, 0.2) is 22.8 Å². The minimum atomic E-state index is 0.134. The van der Waals surface area contributed by atoms with Crippen molar-refractivity contribution in [2.45, 2.75) is 48.0 Å². The average Bonchev–Trinajstić information content (AvgIpc) is 2.08. The quantitative estimate of drug-likeness (QED) is 0.636. The molecule has 0 spiro atoms. The minimum Gasteiger partial charge on any atom is -0.294 e. The Balaban J connectivity index is 3.28. The van der Waals surface area contributed by atoms with Gasteiger partial charge in [-0.2, -0.15) is 0 Å². The number of rotatable bonds is 1. The number of Topliss-reactive ketones (excluding diaryl/α,β-unsaturated/α-hetero) is 1. The molecule has 0 fully saturated rings. The van der Waals surface area contributed by atoms with Crippen LogP contribution in [0.2, 0.25) is 0 Å². The summed E-state index contributed by atoms with van der Waals surface area (Å²) in [5.41, 5.74) is 3.58. The third-order valence-corrected chi connectivity index (χ3v) is 3.20. The van der Waals surface area contributed by atoms with Crippen LogP contribution < -0.4 is 0 Å². The highest BCUT2D eigenvalue weighted by Crippen LogP contribution is 2.42. The predicted octanol–water partition coefficient (Wildman–Crippen LogP) is 3.90. The molecule has 0 aromatic carbocycles. The van der Waals surface area contributed by atoms with E-state index in [1.165, 1.54) is 11.1 Å². The molecule has 0 saturated heterocycles. The van der Waals surface area contributed by atoms with Crippen LogP contribution in [0, 0.1) is 11.3 Å². The number of allylic oxidation sites excluding steroid dienone is 4. The van der Waals surface area contributed by atoms with Gasteiger partial charge in [0.25, 0.3) is 0 Å². The summed E-state index contributed by atoms with van der Waals surface area (Å²) in [6.07, 6.45) is 3.13. The largest absolute Gasteiger partial charge is 0.294 e. The number of carbonyl (C=O) groups is 1. The fourth-order valence-electron chi connectivity index (χ4n) is 2.57. The molecule has 1 nitrogen and oxygen atoms in total. The van der Waals surface area contributed by atoms with Crippen LogP contribution in [0.5, 0.6) is 0 Å². The lowest BCUT2D eigenvalue weighted by Gasteiger charge is -2.35. The molecule has 0 aromatic heterocycles.